The number of carbonyl (C=O) groups is 1. The Morgan fingerprint density at radius 2 is 1.89 bits per heavy atom. The molecule has 0 aliphatic rings. The molecule has 0 saturated carbocycles. The Hall–Kier alpha value is -3.27. The number of nitrogens with one attached hydrogen (secondary N) is 1. The van der Waals surface area contributed by atoms with E-state index in [1.807, 2.05) is 55.5 Å². The molecule has 0 fully saturated rings. The number of hydrogen-bond acceptors (Lipinski definition) is 3. The van der Waals surface area contributed by atoms with Crippen LogP contribution in [0.4, 0.5) is 0 Å². The number of amides is 1. The lowest BCUT2D eigenvalue weighted by atomic mass is 10.00. The molecule has 4 nitrogen and oxygen atoms in total. The molecule has 0 aliphatic carbocycles. The molecule has 0 heterocycles. The van der Waals surface area contributed by atoms with Gasteiger partial charge in [-0.2, -0.15) is 0 Å². The standard InChI is InChI=1S/C24H25NO3/c1-4-8-18-13-14-22(23(15-18)27-3)28-16-24(26)25-17(2)20-12-7-10-19-9-5-6-11-21(19)20/h4-7,9-15,17H,1,8,16H2,2-3H3,(H,25,26). The second kappa shape index (κ2) is 9.09. The number of methoxy groups -OCH3 is 1. The van der Waals surface area contributed by atoms with Crippen molar-refractivity contribution < 1.29 is 14.3 Å². The number of carbonyl (C=O) groups excluding carboxylic acids is 1. The highest BCUT2D eigenvalue weighted by Crippen LogP contribution is 2.28. The van der Waals surface area contributed by atoms with Crippen molar-refractivity contribution in [1.29, 1.82) is 0 Å². The molecule has 0 saturated heterocycles. The Bertz CT molecular complexity index is 975. The number of allylic oxidation sites excluding steroid dienone is 1. The van der Waals surface area contributed by atoms with Crippen LogP contribution in [0.3, 0.4) is 0 Å². The fraction of sp³-hybridized carbons (Fsp3) is 0.208. The maximum absolute atomic E-state index is 12.4. The van der Waals surface area contributed by atoms with Crippen molar-refractivity contribution in [2.45, 2.75) is 19.4 Å². The third-order valence-corrected chi connectivity index (χ3v) is 4.63. The molecule has 4 heteroatoms. The van der Waals surface area contributed by atoms with Gasteiger partial charge in [0, 0.05) is 0 Å². The zero-order valence-corrected chi connectivity index (χ0v) is 16.3. The molecule has 28 heavy (non-hydrogen) atoms. The molecule has 0 aliphatic heterocycles. The first-order valence-corrected chi connectivity index (χ1v) is 9.30. The van der Waals surface area contributed by atoms with Crippen molar-refractivity contribution in [3.05, 3.63) is 84.4 Å². The Morgan fingerprint density at radius 1 is 1.11 bits per heavy atom. The molecule has 0 aromatic heterocycles. The van der Waals surface area contributed by atoms with Gasteiger partial charge in [-0.05, 0) is 47.4 Å². The van der Waals surface area contributed by atoms with Gasteiger partial charge in [-0.1, -0.05) is 54.6 Å². The number of ether oxygens (including phenoxy) is 2. The quantitative estimate of drug-likeness (QED) is 0.574. The SMILES string of the molecule is C=CCc1ccc(OCC(=O)NC(C)c2cccc3ccccc23)c(OC)c1. The lowest BCUT2D eigenvalue weighted by Crippen LogP contribution is -2.31. The van der Waals surface area contributed by atoms with Crippen LogP contribution < -0.4 is 14.8 Å². The van der Waals surface area contributed by atoms with E-state index < -0.39 is 0 Å². The van der Waals surface area contributed by atoms with Crippen molar-refractivity contribution in [1.82, 2.24) is 5.32 Å². The molecule has 1 unspecified atom stereocenters. The van der Waals surface area contributed by atoms with Crippen LogP contribution in [0.15, 0.2) is 73.3 Å². The largest absolute Gasteiger partial charge is 0.493 e. The normalized spacial score (nSPS) is 11.6. The first kappa shape index (κ1) is 19.5. The number of hydrogen-bond donors (Lipinski definition) is 1. The van der Waals surface area contributed by atoms with Crippen LogP contribution in [0, 0.1) is 0 Å². The van der Waals surface area contributed by atoms with E-state index in [1.54, 1.807) is 7.11 Å². The van der Waals surface area contributed by atoms with Gasteiger partial charge in [0.25, 0.3) is 5.91 Å². The highest BCUT2D eigenvalue weighted by atomic mass is 16.5. The van der Waals surface area contributed by atoms with Gasteiger partial charge in [0.1, 0.15) is 0 Å². The zero-order chi connectivity index (χ0) is 19.9. The Kier molecular flexibility index (Phi) is 6.33. The Labute approximate surface area is 165 Å². The van der Waals surface area contributed by atoms with E-state index in [-0.39, 0.29) is 18.6 Å². The summed E-state index contributed by atoms with van der Waals surface area (Å²) in [5, 5.41) is 5.30. The molecular formula is C24H25NO3. The van der Waals surface area contributed by atoms with Crippen molar-refractivity contribution in [3.8, 4) is 11.5 Å². The van der Waals surface area contributed by atoms with Gasteiger partial charge >= 0.3 is 0 Å². The van der Waals surface area contributed by atoms with Gasteiger partial charge in [0.2, 0.25) is 0 Å². The highest BCUT2D eigenvalue weighted by molar-refractivity contribution is 5.87. The third-order valence-electron chi connectivity index (χ3n) is 4.63. The maximum atomic E-state index is 12.4. The van der Waals surface area contributed by atoms with Gasteiger partial charge < -0.3 is 14.8 Å². The van der Waals surface area contributed by atoms with Crippen molar-refractivity contribution in [2.24, 2.45) is 0 Å². The molecule has 144 valence electrons. The van der Waals surface area contributed by atoms with Crippen molar-refractivity contribution >= 4 is 16.7 Å². The molecule has 0 bridgehead atoms. The average molecular weight is 375 g/mol. The van der Waals surface area contributed by atoms with Crippen LogP contribution in [-0.4, -0.2) is 19.6 Å². The van der Waals surface area contributed by atoms with Crippen LogP contribution >= 0.6 is 0 Å². The predicted octanol–water partition coefficient (Wildman–Crippen LogP) is 4.83. The summed E-state index contributed by atoms with van der Waals surface area (Å²) >= 11 is 0. The number of rotatable bonds is 8. The molecule has 1 amide bonds. The minimum atomic E-state index is -0.183. The second-order valence-corrected chi connectivity index (χ2v) is 6.62. The van der Waals surface area contributed by atoms with Gasteiger partial charge in [-0.25, -0.2) is 0 Å². The molecule has 3 aromatic carbocycles. The summed E-state index contributed by atoms with van der Waals surface area (Å²) in [7, 11) is 1.59. The molecule has 3 rings (SSSR count). The summed E-state index contributed by atoms with van der Waals surface area (Å²) < 4.78 is 11.1. The predicted molar refractivity (Wildman–Crippen MR) is 113 cm³/mol. The minimum absolute atomic E-state index is 0.0771. The molecule has 0 radical (unpaired) electrons. The summed E-state index contributed by atoms with van der Waals surface area (Å²) in [6, 6.07) is 19.8. The second-order valence-electron chi connectivity index (χ2n) is 6.62. The Balaban J connectivity index is 1.65. The number of benzene rings is 3. The highest BCUT2D eigenvalue weighted by Gasteiger charge is 2.14. The first-order chi connectivity index (χ1) is 13.6. The fourth-order valence-electron chi connectivity index (χ4n) is 3.26. The van der Waals surface area contributed by atoms with Crippen LogP contribution in [0.2, 0.25) is 0 Å². The maximum Gasteiger partial charge on any atom is 0.258 e. The van der Waals surface area contributed by atoms with E-state index in [0.29, 0.717) is 11.5 Å². The fourth-order valence-corrected chi connectivity index (χ4v) is 3.26. The van der Waals surface area contributed by atoms with Gasteiger partial charge in [-0.15, -0.1) is 6.58 Å². The zero-order valence-electron chi connectivity index (χ0n) is 16.3. The smallest absolute Gasteiger partial charge is 0.258 e. The van der Waals surface area contributed by atoms with Gasteiger partial charge in [-0.3, -0.25) is 4.79 Å². The Morgan fingerprint density at radius 3 is 2.68 bits per heavy atom. The van der Waals surface area contributed by atoms with Crippen LogP contribution in [0.5, 0.6) is 11.5 Å². The van der Waals surface area contributed by atoms with Crippen molar-refractivity contribution in [3.63, 3.8) is 0 Å². The van der Waals surface area contributed by atoms with E-state index in [2.05, 4.69) is 30.1 Å². The van der Waals surface area contributed by atoms with E-state index >= 15 is 0 Å². The third kappa shape index (κ3) is 4.52. The van der Waals surface area contributed by atoms with Gasteiger partial charge in [0.05, 0.1) is 13.2 Å². The topological polar surface area (TPSA) is 47.6 Å². The average Bonchev–Trinajstić information content (AvgIpc) is 2.72. The molecule has 3 aromatic rings. The molecule has 1 atom stereocenters. The molecular weight excluding hydrogens is 350 g/mol. The summed E-state index contributed by atoms with van der Waals surface area (Å²) in [4.78, 5) is 12.4. The summed E-state index contributed by atoms with van der Waals surface area (Å²) in [5.41, 5.74) is 2.16. The van der Waals surface area contributed by atoms with Crippen molar-refractivity contribution in [2.75, 3.05) is 13.7 Å². The van der Waals surface area contributed by atoms with Crippen LogP contribution in [0.1, 0.15) is 24.1 Å². The lowest BCUT2D eigenvalue weighted by molar-refractivity contribution is -0.123. The summed E-state index contributed by atoms with van der Waals surface area (Å²) in [6.45, 7) is 5.64. The molecule has 1 N–H and O–H groups in total. The van der Waals surface area contributed by atoms with Gasteiger partial charge in [0.15, 0.2) is 18.1 Å². The summed E-state index contributed by atoms with van der Waals surface area (Å²) in [6.07, 6.45) is 2.58. The number of fused-ring (bicyclic) bond motifs is 1. The minimum Gasteiger partial charge on any atom is -0.493 e. The van der Waals surface area contributed by atoms with E-state index in [4.69, 9.17) is 9.47 Å². The lowest BCUT2D eigenvalue weighted by Gasteiger charge is -2.17. The summed E-state index contributed by atoms with van der Waals surface area (Å²) in [5.74, 6) is 0.968. The van der Waals surface area contributed by atoms with E-state index in [1.165, 1.54) is 0 Å². The van der Waals surface area contributed by atoms with Crippen LogP contribution in [-0.2, 0) is 11.2 Å². The van der Waals surface area contributed by atoms with Crippen LogP contribution in [0.25, 0.3) is 10.8 Å². The monoisotopic (exact) mass is 375 g/mol. The molecule has 0 spiro atoms. The van der Waals surface area contributed by atoms with E-state index in [9.17, 15) is 4.79 Å². The van der Waals surface area contributed by atoms with E-state index in [0.717, 1.165) is 28.3 Å². The first-order valence-electron chi connectivity index (χ1n) is 9.30.